The Labute approximate surface area is 242 Å². The zero-order valence-corrected chi connectivity index (χ0v) is 24.1. The van der Waals surface area contributed by atoms with E-state index in [1.54, 1.807) is 31.3 Å². The summed E-state index contributed by atoms with van der Waals surface area (Å²) in [5, 5.41) is 16.7. The summed E-state index contributed by atoms with van der Waals surface area (Å²) < 4.78 is 20.3. The number of amides is 3. The van der Waals surface area contributed by atoms with Crippen molar-refractivity contribution in [2.45, 2.75) is 44.8 Å². The molecule has 0 radical (unpaired) electrons. The number of rotatable bonds is 8. The molecule has 3 amide bonds. The van der Waals surface area contributed by atoms with Crippen LogP contribution in [0.15, 0.2) is 54.6 Å². The first-order valence-corrected chi connectivity index (χ1v) is 13.4. The summed E-state index contributed by atoms with van der Waals surface area (Å²) >= 11 is 0. The number of benzene rings is 2. The predicted octanol–water partition coefficient (Wildman–Crippen LogP) is 3.12. The Morgan fingerprint density at radius 2 is 1.69 bits per heavy atom. The average molecular weight is 580 g/mol. The summed E-state index contributed by atoms with van der Waals surface area (Å²) in [5.41, 5.74) is 1.17. The predicted molar refractivity (Wildman–Crippen MR) is 150 cm³/mol. The molecular formula is C30H34FN5O6. The van der Waals surface area contributed by atoms with Crippen LogP contribution in [0.1, 0.15) is 65.3 Å². The molecule has 11 nitrogen and oxygen atoms in total. The van der Waals surface area contributed by atoms with Crippen LogP contribution >= 0.6 is 0 Å². The first-order chi connectivity index (χ1) is 19.8. The van der Waals surface area contributed by atoms with Gasteiger partial charge >= 0.3 is 5.97 Å². The number of carboxylic acids is 1. The van der Waals surface area contributed by atoms with Gasteiger partial charge in [0.25, 0.3) is 17.7 Å². The highest BCUT2D eigenvalue weighted by molar-refractivity contribution is 6.02. The molecule has 0 saturated carbocycles. The van der Waals surface area contributed by atoms with Crippen LogP contribution in [-0.2, 0) is 22.1 Å². The van der Waals surface area contributed by atoms with Crippen molar-refractivity contribution in [3.63, 3.8) is 0 Å². The molecule has 1 fully saturated rings. The second-order valence-corrected chi connectivity index (χ2v) is 11.1. The number of aryl methyl sites for hydroxylation is 1. The number of hydrogen-bond donors (Lipinski definition) is 2. The molecule has 1 aliphatic heterocycles. The zero-order chi connectivity index (χ0) is 30.8. The summed E-state index contributed by atoms with van der Waals surface area (Å²) in [6.45, 7) is 5.97. The molecule has 2 N–H and O–H groups in total. The third-order valence-electron chi connectivity index (χ3n) is 7.08. The van der Waals surface area contributed by atoms with Gasteiger partial charge < -0.3 is 25.0 Å². The third-order valence-corrected chi connectivity index (χ3v) is 7.08. The van der Waals surface area contributed by atoms with Gasteiger partial charge in [-0.3, -0.25) is 23.9 Å². The van der Waals surface area contributed by atoms with E-state index >= 15 is 0 Å². The normalized spacial score (nSPS) is 15.8. The van der Waals surface area contributed by atoms with Crippen LogP contribution in [-0.4, -0.2) is 74.7 Å². The lowest BCUT2D eigenvalue weighted by Gasteiger charge is -2.31. The van der Waals surface area contributed by atoms with Gasteiger partial charge in [0.2, 0.25) is 0 Å². The van der Waals surface area contributed by atoms with Crippen LogP contribution in [0.2, 0.25) is 0 Å². The minimum absolute atomic E-state index is 0.0444. The van der Waals surface area contributed by atoms with Crippen molar-refractivity contribution in [3.8, 4) is 5.75 Å². The molecule has 2 aromatic carbocycles. The minimum atomic E-state index is -1.40. The number of aliphatic carboxylic acids is 1. The Bertz CT molecular complexity index is 1500. The Balaban J connectivity index is 1.72. The number of carbonyl (C=O) groups excluding carboxylic acids is 3. The van der Waals surface area contributed by atoms with Gasteiger partial charge in [0.1, 0.15) is 17.3 Å². The molecule has 0 aliphatic carbocycles. The maximum absolute atomic E-state index is 13.9. The third kappa shape index (κ3) is 6.42. The molecule has 2 heterocycles. The van der Waals surface area contributed by atoms with Crippen molar-refractivity contribution < 1.29 is 33.4 Å². The fraction of sp³-hybridized carbons (Fsp3) is 0.367. The molecule has 3 aromatic rings. The topological polar surface area (TPSA) is 134 Å². The second-order valence-electron chi connectivity index (χ2n) is 11.1. The van der Waals surface area contributed by atoms with E-state index in [0.29, 0.717) is 17.0 Å². The van der Waals surface area contributed by atoms with E-state index in [2.05, 4.69) is 10.4 Å². The van der Waals surface area contributed by atoms with Crippen LogP contribution in [0.3, 0.4) is 0 Å². The summed E-state index contributed by atoms with van der Waals surface area (Å²) in [6.07, 6.45) is -1.90. The molecule has 4 rings (SSSR count). The van der Waals surface area contributed by atoms with Crippen LogP contribution in [0, 0.1) is 5.82 Å². The molecule has 1 aliphatic rings. The number of methoxy groups -OCH3 is 1. The Kier molecular flexibility index (Phi) is 8.64. The van der Waals surface area contributed by atoms with Gasteiger partial charge in [0.05, 0.1) is 25.3 Å². The first-order valence-electron chi connectivity index (χ1n) is 13.4. The van der Waals surface area contributed by atoms with Crippen LogP contribution < -0.4 is 10.1 Å². The molecule has 2 atom stereocenters. The van der Waals surface area contributed by atoms with E-state index in [9.17, 15) is 28.7 Å². The maximum Gasteiger partial charge on any atom is 0.305 e. The van der Waals surface area contributed by atoms with E-state index in [0.717, 1.165) is 12.1 Å². The Morgan fingerprint density at radius 3 is 2.26 bits per heavy atom. The van der Waals surface area contributed by atoms with E-state index < -0.39 is 48.1 Å². The molecule has 12 heteroatoms. The van der Waals surface area contributed by atoms with E-state index in [1.807, 2.05) is 20.8 Å². The number of nitrogens with zero attached hydrogens (tertiary/aromatic N) is 4. The van der Waals surface area contributed by atoms with Gasteiger partial charge in [-0.2, -0.15) is 5.10 Å². The van der Waals surface area contributed by atoms with Gasteiger partial charge in [-0.25, -0.2) is 4.39 Å². The van der Waals surface area contributed by atoms with Gasteiger partial charge in [0.15, 0.2) is 6.17 Å². The van der Waals surface area contributed by atoms with Crippen LogP contribution in [0.5, 0.6) is 5.75 Å². The van der Waals surface area contributed by atoms with E-state index in [4.69, 9.17) is 4.74 Å². The minimum Gasteiger partial charge on any atom is -0.497 e. The van der Waals surface area contributed by atoms with Crippen molar-refractivity contribution in [1.29, 1.82) is 0 Å². The maximum atomic E-state index is 13.9. The molecule has 222 valence electrons. The zero-order valence-electron chi connectivity index (χ0n) is 24.1. The fourth-order valence-corrected chi connectivity index (χ4v) is 4.81. The van der Waals surface area contributed by atoms with Crippen molar-refractivity contribution in [3.05, 3.63) is 82.9 Å². The lowest BCUT2D eigenvalue weighted by molar-refractivity contribution is -0.138. The highest BCUT2D eigenvalue weighted by Crippen LogP contribution is 2.27. The van der Waals surface area contributed by atoms with Crippen LogP contribution in [0.25, 0.3) is 0 Å². The standard InChI is InChI=1S/C30H34FN5O6/c1-30(2,3)24-17-23(34(4)33-24)29(41)36-14-13-35(28(40)19-7-6-8-21(15-19)42-5)27(36)26(39)32-22(16-25(37)38)18-9-11-20(31)12-10-18/h6-12,15,17,22,27H,13-14,16H2,1-5H3,(H,32,39)(H,37,38). The first kappa shape index (κ1) is 30.2. The SMILES string of the molecule is COc1cccc(C(=O)N2CCN(C(=O)c3cc(C(C)(C)C)nn3C)C2C(=O)NC(CC(=O)O)c2ccc(F)cc2)c1. The summed E-state index contributed by atoms with van der Waals surface area (Å²) in [4.78, 5) is 55.7. The lowest BCUT2D eigenvalue weighted by Crippen LogP contribution is -2.54. The van der Waals surface area contributed by atoms with Crippen molar-refractivity contribution in [2.24, 2.45) is 7.05 Å². The van der Waals surface area contributed by atoms with Gasteiger partial charge in [0, 0.05) is 31.1 Å². The van der Waals surface area contributed by atoms with Crippen molar-refractivity contribution in [2.75, 3.05) is 20.2 Å². The monoisotopic (exact) mass is 579 g/mol. The lowest BCUT2D eigenvalue weighted by atomic mass is 9.92. The summed E-state index contributed by atoms with van der Waals surface area (Å²) in [5.74, 6) is -3.06. The molecule has 2 unspecified atom stereocenters. The quantitative estimate of drug-likeness (QED) is 0.419. The van der Waals surface area contributed by atoms with Crippen LogP contribution in [0.4, 0.5) is 4.39 Å². The van der Waals surface area contributed by atoms with Crippen molar-refractivity contribution >= 4 is 23.7 Å². The summed E-state index contributed by atoms with van der Waals surface area (Å²) in [6, 6.07) is 12.1. The second kappa shape index (κ2) is 12.0. The number of hydrogen-bond acceptors (Lipinski definition) is 6. The number of carbonyl (C=O) groups is 4. The Morgan fingerprint density at radius 1 is 1.05 bits per heavy atom. The highest BCUT2D eigenvalue weighted by Gasteiger charge is 2.44. The number of ether oxygens (including phenoxy) is 1. The average Bonchev–Trinajstić information content (AvgIpc) is 3.56. The smallest absolute Gasteiger partial charge is 0.305 e. The molecule has 0 spiro atoms. The number of nitrogens with one attached hydrogen (secondary N) is 1. The van der Waals surface area contributed by atoms with Gasteiger partial charge in [-0.05, 0) is 42.0 Å². The molecule has 1 saturated heterocycles. The fourth-order valence-electron chi connectivity index (χ4n) is 4.81. The number of aromatic nitrogens is 2. The van der Waals surface area contributed by atoms with E-state index in [-0.39, 0.29) is 29.8 Å². The number of carboxylic acid groups (broad SMARTS) is 1. The molecule has 42 heavy (non-hydrogen) atoms. The molecular weight excluding hydrogens is 545 g/mol. The summed E-state index contributed by atoms with van der Waals surface area (Å²) in [7, 11) is 3.10. The largest absolute Gasteiger partial charge is 0.497 e. The number of halogens is 1. The Hall–Kier alpha value is -4.74. The molecule has 1 aromatic heterocycles. The molecule has 0 bridgehead atoms. The highest BCUT2D eigenvalue weighted by atomic mass is 19.1. The van der Waals surface area contributed by atoms with Gasteiger partial charge in [-0.1, -0.05) is 39.0 Å². The van der Waals surface area contributed by atoms with E-state index in [1.165, 1.54) is 39.8 Å². The van der Waals surface area contributed by atoms with Crippen molar-refractivity contribution in [1.82, 2.24) is 24.9 Å². The van der Waals surface area contributed by atoms with Gasteiger partial charge in [-0.15, -0.1) is 0 Å².